The van der Waals surface area contributed by atoms with Crippen LogP contribution in [0, 0.1) is 6.92 Å². The van der Waals surface area contributed by atoms with Crippen molar-refractivity contribution in [1.29, 1.82) is 0 Å². The highest BCUT2D eigenvalue weighted by Gasteiger charge is 2.19. The fourth-order valence-corrected chi connectivity index (χ4v) is 5.00. The molecular weight excluding hydrogens is 400 g/mol. The minimum absolute atomic E-state index is 0.106. The van der Waals surface area contributed by atoms with E-state index in [4.69, 9.17) is 0 Å². The standard InChI is InChI=1S/C22H24N4O3S/c1-14-18(15-8-4-2-5-9-15)19-20(30-14)23-13-26(21(19)28)12-17(27)25-22(29)24-16-10-6-3-7-11-16/h2,4-5,8-9,13,16H,3,6-7,10-12H2,1H3,(H2,24,25,27,29). The molecule has 1 aliphatic rings. The number of hydrogen-bond acceptors (Lipinski definition) is 5. The third-order valence-electron chi connectivity index (χ3n) is 5.42. The maximum atomic E-state index is 13.1. The SMILES string of the molecule is Cc1sc2ncn(CC(=O)NC(=O)NC3CCCCC3)c(=O)c2c1-c1ccccc1. The van der Waals surface area contributed by atoms with Crippen LogP contribution >= 0.6 is 11.3 Å². The van der Waals surface area contributed by atoms with Gasteiger partial charge >= 0.3 is 6.03 Å². The minimum Gasteiger partial charge on any atom is -0.335 e. The lowest BCUT2D eigenvalue weighted by Gasteiger charge is -2.22. The summed E-state index contributed by atoms with van der Waals surface area (Å²) in [5.41, 5.74) is 1.50. The van der Waals surface area contributed by atoms with Crippen LogP contribution in [0.25, 0.3) is 21.3 Å². The third kappa shape index (κ3) is 4.28. The number of rotatable bonds is 4. The van der Waals surface area contributed by atoms with E-state index < -0.39 is 11.9 Å². The molecule has 1 saturated carbocycles. The van der Waals surface area contributed by atoms with Crippen molar-refractivity contribution >= 4 is 33.5 Å². The number of nitrogens with zero attached hydrogens (tertiary/aromatic N) is 2. The molecule has 0 radical (unpaired) electrons. The van der Waals surface area contributed by atoms with E-state index in [-0.39, 0.29) is 18.1 Å². The van der Waals surface area contributed by atoms with E-state index in [2.05, 4.69) is 15.6 Å². The van der Waals surface area contributed by atoms with Crippen LogP contribution in [-0.2, 0) is 11.3 Å². The van der Waals surface area contributed by atoms with Crippen molar-refractivity contribution in [2.24, 2.45) is 0 Å². The predicted octanol–water partition coefficient (Wildman–Crippen LogP) is 3.59. The highest BCUT2D eigenvalue weighted by Crippen LogP contribution is 2.35. The number of amides is 3. The molecule has 8 heteroatoms. The molecule has 4 rings (SSSR count). The summed E-state index contributed by atoms with van der Waals surface area (Å²) in [5, 5.41) is 5.68. The van der Waals surface area contributed by atoms with Crippen LogP contribution in [-0.4, -0.2) is 27.5 Å². The van der Waals surface area contributed by atoms with E-state index in [0.717, 1.165) is 41.7 Å². The van der Waals surface area contributed by atoms with Gasteiger partial charge in [-0.2, -0.15) is 0 Å². The summed E-state index contributed by atoms with van der Waals surface area (Å²) in [6.45, 7) is 1.70. The molecule has 2 aromatic heterocycles. The second-order valence-corrected chi connectivity index (χ2v) is 8.82. The van der Waals surface area contributed by atoms with Gasteiger partial charge in [-0.05, 0) is 25.3 Å². The number of benzene rings is 1. The summed E-state index contributed by atoms with van der Waals surface area (Å²) in [6, 6.07) is 9.27. The van der Waals surface area contributed by atoms with Crippen LogP contribution in [0.5, 0.6) is 0 Å². The average Bonchev–Trinajstić information content (AvgIpc) is 3.08. The van der Waals surface area contributed by atoms with Gasteiger partial charge in [0, 0.05) is 16.5 Å². The maximum absolute atomic E-state index is 13.1. The molecular formula is C22H24N4O3S. The highest BCUT2D eigenvalue weighted by atomic mass is 32.1. The van der Waals surface area contributed by atoms with E-state index in [0.29, 0.717) is 10.2 Å². The van der Waals surface area contributed by atoms with Crippen LogP contribution in [0.15, 0.2) is 41.5 Å². The van der Waals surface area contributed by atoms with Crippen LogP contribution in [0.3, 0.4) is 0 Å². The zero-order valence-corrected chi connectivity index (χ0v) is 17.6. The first-order valence-corrected chi connectivity index (χ1v) is 11.0. The van der Waals surface area contributed by atoms with E-state index in [1.807, 2.05) is 37.3 Å². The van der Waals surface area contributed by atoms with Gasteiger partial charge in [-0.15, -0.1) is 11.3 Å². The average molecular weight is 425 g/mol. The van der Waals surface area contributed by atoms with Gasteiger partial charge in [0.25, 0.3) is 5.56 Å². The lowest BCUT2D eigenvalue weighted by molar-refractivity contribution is -0.120. The molecule has 1 fully saturated rings. The van der Waals surface area contributed by atoms with Gasteiger partial charge in [0.2, 0.25) is 5.91 Å². The molecule has 0 bridgehead atoms. The van der Waals surface area contributed by atoms with Crippen molar-refractivity contribution < 1.29 is 9.59 Å². The lowest BCUT2D eigenvalue weighted by atomic mass is 9.96. The van der Waals surface area contributed by atoms with E-state index in [1.165, 1.54) is 28.7 Å². The third-order valence-corrected chi connectivity index (χ3v) is 6.44. The Balaban J connectivity index is 1.53. The van der Waals surface area contributed by atoms with Crippen molar-refractivity contribution in [3.05, 3.63) is 51.9 Å². The molecule has 30 heavy (non-hydrogen) atoms. The molecule has 2 N–H and O–H groups in total. The number of fused-ring (bicyclic) bond motifs is 1. The molecule has 0 atom stereocenters. The normalized spacial score (nSPS) is 14.6. The Hall–Kier alpha value is -3.00. The van der Waals surface area contributed by atoms with Gasteiger partial charge in [-0.1, -0.05) is 49.6 Å². The van der Waals surface area contributed by atoms with E-state index in [1.54, 1.807) is 0 Å². The molecule has 2 heterocycles. The number of carbonyl (C=O) groups is 2. The number of aryl methyl sites for hydroxylation is 1. The molecule has 0 saturated heterocycles. The zero-order chi connectivity index (χ0) is 21.1. The largest absolute Gasteiger partial charge is 0.335 e. The van der Waals surface area contributed by atoms with E-state index >= 15 is 0 Å². The van der Waals surface area contributed by atoms with Crippen LogP contribution < -0.4 is 16.2 Å². The minimum atomic E-state index is -0.542. The van der Waals surface area contributed by atoms with Crippen molar-refractivity contribution in [2.45, 2.75) is 51.6 Å². The highest BCUT2D eigenvalue weighted by molar-refractivity contribution is 7.19. The number of carbonyl (C=O) groups excluding carboxylic acids is 2. The topological polar surface area (TPSA) is 93.1 Å². The fraction of sp³-hybridized carbons (Fsp3) is 0.364. The Morgan fingerprint density at radius 3 is 2.63 bits per heavy atom. The van der Waals surface area contributed by atoms with Gasteiger partial charge in [-0.3, -0.25) is 19.5 Å². The maximum Gasteiger partial charge on any atom is 0.321 e. The molecule has 0 aliphatic heterocycles. The van der Waals surface area contributed by atoms with Crippen molar-refractivity contribution in [2.75, 3.05) is 0 Å². The van der Waals surface area contributed by atoms with Crippen molar-refractivity contribution in [3.63, 3.8) is 0 Å². The number of hydrogen-bond donors (Lipinski definition) is 2. The fourth-order valence-electron chi connectivity index (χ4n) is 3.99. The summed E-state index contributed by atoms with van der Waals surface area (Å²) < 4.78 is 1.25. The molecule has 1 aliphatic carbocycles. The van der Waals surface area contributed by atoms with Crippen LogP contribution in [0.4, 0.5) is 4.79 Å². The lowest BCUT2D eigenvalue weighted by Crippen LogP contribution is -2.46. The summed E-state index contributed by atoms with van der Waals surface area (Å²) in [4.78, 5) is 43.6. The summed E-state index contributed by atoms with van der Waals surface area (Å²) in [7, 11) is 0. The Bertz CT molecular complexity index is 1130. The summed E-state index contributed by atoms with van der Waals surface area (Å²) >= 11 is 1.46. The molecule has 156 valence electrons. The van der Waals surface area contributed by atoms with Gasteiger partial charge in [-0.25, -0.2) is 9.78 Å². The summed E-state index contributed by atoms with van der Waals surface area (Å²) in [6.07, 6.45) is 6.59. The molecule has 1 aromatic carbocycles. The van der Waals surface area contributed by atoms with Crippen LogP contribution in [0.1, 0.15) is 37.0 Å². The molecule has 0 unspecified atom stereocenters. The van der Waals surface area contributed by atoms with Gasteiger partial charge < -0.3 is 5.32 Å². The zero-order valence-electron chi connectivity index (χ0n) is 16.8. The predicted molar refractivity (Wildman–Crippen MR) is 118 cm³/mol. The molecule has 3 amide bonds. The Morgan fingerprint density at radius 1 is 1.17 bits per heavy atom. The van der Waals surface area contributed by atoms with Gasteiger partial charge in [0.15, 0.2) is 0 Å². The molecule has 7 nitrogen and oxygen atoms in total. The first-order chi connectivity index (χ1) is 14.5. The number of nitrogens with one attached hydrogen (secondary N) is 2. The first-order valence-electron chi connectivity index (χ1n) is 10.2. The quantitative estimate of drug-likeness (QED) is 0.669. The van der Waals surface area contributed by atoms with Crippen molar-refractivity contribution in [3.8, 4) is 11.1 Å². The number of imide groups is 1. The molecule has 0 spiro atoms. The Morgan fingerprint density at radius 2 is 1.90 bits per heavy atom. The molecule has 3 aromatic rings. The Kier molecular flexibility index (Phi) is 5.94. The van der Waals surface area contributed by atoms with Crippen LogP contribution in [0.2, 0.25) is 0 Å². The smallest absolute Gasteiger partial charge is 0.321 e. The first kappa shape index (κ1) is 20.3. The van der Waals surface area contributed by atoms with Gasteiger partial charge in [0.1, 0.15) is 11.4 Å². The second-order valence-electron chi connectivity index (χ2n) is 7.61. The number of thiophene rings is 1. The Labute approximate surface area is 178 Å². The second kappa shape index (κ2) is 8.79. The number of aromatic nitrogens is 2. The number of urea groups is 1. The summed E-state index contributed by atoms with van der Waals surface area (Å²) in [5.74, 6) is -0.542. The van der Waals surface area contributed by atoms with E-state index in [9.17, 15) is 14.4 Å². The van der Waals surface area contributed by atoms with Crippen molar-refractivity contribution in [1.82, 2.24) is 20.2 Å². The monoisotopic (exact) mass is 424 g/mol. The van der Waals surface area contributed by atoms with Gasteiger partial charge in [0.05, 0.1) is 11.7 Å².